The molecule has 0 aliphatic heterocycles. The summed E-state index contributed by atoms with van der Waals surface area (Å²) in [6.45, 7) is 5.87. The minimum Gasteiger partial charge on any atom is -0.380 e. The summed E-state index contributed by atoms with van der Waals surface area (Å²) >= 11 is 5.43. The zero-order valence-electron chi connectivity index (χ0n) is 9.01. The number of hydrogen-bond donors (Lipinski definition) is 1. The highest BCUT2D eigenvalue weighted by Gasteiger charge is 2.08. The van der Waals surface area contributed by atoms with Gasteiger partial charge in [-0.25, -0.2) is 0 Å². The van der Waals surface area contributed by atoms with Crippen molar-refractivity contribution in [3.05, 3.63) is 0 Å². The summed E-state index contributed by atoms with van der Waals surface area (Å²) in [5.41, 5.74) is 0. The van der Waals surface area contributed by atoms with Gasteiger partial charge < -0.3 is 10.1 Å². The highest BCUT2D eigenvalue weighted by Crippen LogP contribution is 1.99. The van der Waals surface area contributed by atoms with Gasteiger partial charge in [-0.15, -0.1) is 11.6 Å². The van der Waals surface area contributed by atoms with Crippen molar-refractivity contribution in [2.24, 2.45) is 5.92 Å². The lowest BCUT2D eigenvalue weighted by Crippen LogP contribution is -2.30. The van der Waals surface area contributed by atoms with E-state index in [1.54, 1.807) is 0 Å². The largest absolute Gasteiger partial charge is 0.380 e. The van der Waals surface area contributed by atoms with E-state index in [1.165, 1.54) is 0 Å². The summed E-state index contributed by atoms with van der Waals surface area (Å²) in [4.78, 5) is 11.3. The maximum atomic E-state index is 11.3. The summed E-state index contributed by atoms with van der Waals surface area (Å²) < 4.78 is 5.17. The van der Waals surface area contributed by atoms with Gasteiger partial charge in [0.2, 0.25) is 5.91 Å². The minimum absolute atomic E-state index is 0.110. The van der Waals surface area contributed by atoms with Crippen LogP contribution in [0, 0.1) is 5.92 Å². The number of alkyl halides is 1. The van der Waals surface area contributed by atoms with Crippen LogP contribution in [0.1, 0.15) is 26.7 Å². The number of carbonyl (C=O) groups is 1. The van der Waals surface area contributed by atoms with E-state index in [4.69, 9.17) is 16.3 Å². The van der Waals surface area contributed by atoms with Crippen molar-refractivity contribution < 1.29 is 9.53 Å². The van der Waals surface area contributed by atoms with E-state index in [0.717, 1.165) is 12.8 Å². The molecular formula is C10H20ClNO2. The van der Waals surface area contributed by atoms with Crippen LogP contribution >= 0.6 is 11.6 Å². The van der Waals surface area contributed by atoms with Crippen molar-refractivity contribution in [2.75, 3.05) is 25.6 Å². The Balaban J connectivity index is 3.23. The molecule has 0 bridgehead atoms. The van der Waals surface area contributed by atoms with Gasteiger partial charge >= 0.3 is 0 Å². The fraction of sp³-hybridized carbons (Fsp3) is 0.900. The molecule has 0 fully saturated rings. The molecule has 0 radical (unpaired) electrons. The molecule has 0 aliphatic rings. The third-order valence-corrected chi connectivity index (χ3v) is 2.20. The molecule has 1 atom stereocenters. The molecule has 0 spiro atoms. The minimum atomic E-state index is 0.110. The summed E-state index contributed by atoms with van der Waals surface area (Å²) in [5, 5.41) is 2.86. The van der Waals surface area contributed by atoms with Crippen LogP contribution in [0.4, 0.5) is 0 Å². The number of hydrogen-bond acceptors (Lipinski definition) is 2. The molecular weight excluding hydrogens is 202 g/mol. The van der Waals surface area contributed by atoms with Gasteiger partial charge in [0.15, 0.2) is 0 Å². The van der Waals surface area contributed by atoms with E-state index in [2.05, 4.69) is 5.32 Å². The van der Waals surface area contributed by atoms with Gasteiger partial charge in [-0.05, 0) is 12.8 Å². The summed E-state index contributed by atoms with van der Waals surface area (Å²) in [5.74, 6) is 0.766. The number of ether oxygens (including phenoxy) is 1. The number of carbonyl (C=O) groups excluding carboxylic acids is 1. The first-order chi connectivity index (χ1) is 6.72. The Bertz CT molecular complexity index is 153. The van der Waals surface area contributed by atoms with Crippen LogP contribution in [-0.2, 0) is 9.53 Å². The second-order valence-corrected chi connectivity index (χ2v) is 3.63. The lowest BCUT2D eigenvalue weighted by molar-refractivity contribution is -0.124. The van der Waals surface area contributed by atoms with Crippen molar-refractivity contribution in [3.8, 4) is 0 Å². The average Bonchev–Trinajstić information content (AvgIpc) is 2.21. The molecule has 0 aromatic carbocycles. The molecule has 0 aromatic heterocycles. The molecule has 0 saturated heterocycles. The van der Waals surface area contributed by atoms with Crippen molar-refractivity contribution in [1.29, 1.82) is 0 Å². The molecule has 1 unspecified atom stereocenters. The molecule has 4 heteroatoms. The fourth-order valence-electron chi connectivity index (χ4n) is 0.902. The number of amides is 1. The van der Waals surface area contributed by atoms with Crippen molar-refractivity contribution >= 4 is 17.5 Å². The van der Waals surface area contributed by atoms with Gasteiger partial charge in [-0.2, -0.15) is 0 Å². The predicted molar refractivity (Wildman–Crippen MR) is 58.6 cm³/mol. The molecule has 14 heavy (non-hydrogen) atoms. The van der Waals surface area contributed by atoms with E-state index in [0.29, 0.717) is 25.6 Å². The molecule has 1 amide bonds. The fourth-order valence-corrected chi connectivity index (χ4v) is 1.01. The van der Waals surface area contributed by atoms with E-state index in [9.17, 15) is 4.79 Å². The van der Waals surface area contributed by atoms with Crippen LogP contribution in [0.15, 0.2) is 0 Å². The number of nitrogens with one attached hydrogen (secondary N) is 1. The molecule has 1 N–H and O–H groups in total. The van der Waals surface area contributed by atoms with Crippen LogP contribution in [0.2, 0.25) is 0 Å². The first-order valence-electron chi connectivity index (χ1n) is 5.13. The normalized spacial score (nSPS) is 12.5. The van der Waals surface area contributed by atoms with E-state index >= 15 is 0 Å². The molecule has 0 heterocycles. The topological polar surface area (TPSA) is 38.3 Å². The van der Waals surface area contributed by atoms with Crippen LogP contribution in [0.3, 0.4) is 0 Å². The molecule has 0 aliphatic carbocycles. The van der Waals surface area contributed by atoms with Gasteiger partial charge in [-0.3, -0.25) is 4.79 Å². The standard InChI is InChI=1S/C10H20ClNO2/c1-3-9(2)10(13)12-6-4-7-14-8-5-11/h9H,3-8H2,1-2H3,(H,12,13). The van der Waals surface area contributed by atoms with Gasteiger partial charge in [0.25, 0.3) is 0 Å². The molecule has 0 aromatic rings. The van der Waals surface area contributed by atoms with E-state index in [-0.39, 0.29) is 11.8 Å². The highest BCUT2D eigenvalue weighted by atomic mass is 35.5. The van der Waals surface area contributed by atoms with Crippen LogP contribution in [0.25, 0.3) is 0 Å². The highest BCUT2D eigenvalue weighted by molar-refractivity contribution is 6.17. The third-order valence-electron chi connectivity index (χ3n) is 2.05. The van der Waals surface area contributed by atoms with Crippen LogP contribution in [0.5, 0.6) is 0 Å². The van der Waals surface area contributed by atoms with Gasteiger partial charge in [0, 0.05) is 24.9 Å². The second-order valence-electron chi connectivity index (χ2n) is 3.26. The van der Waals surface area contributed by atoms with Crippen molar-refractivity contribution in [2.45, 2.75) is 26.7 Å². The Morgan fingerprint density at radius 2 is 2.21 bits per heavy atom. The van der Waals surface area contributed by atoms with Crippen LogP contribution < -0.4 is 5.32 Å². The molecule has 0 rings (SSSR count). The number of halogens is 1. The molecule has 84 valence electrons. The first-order valence-corrected chi connectivity index (χ1v) is 5.67. The maximum Gasteiger partial charge on any atom is 0.222 e. The SMILES string of the molecule is CCC(C)C(=O)NCCCOCCCl. The predicted octanol–water partition coefficient (Wildman–Crippen LogP) is 1.79. The zero-order chi connectivity index (χ0) is 10.8. The molecule has 3 nitrogen and oxygen atoms in total. The van der Waals surface area contributed by atoms with E-state index in [1.807, 2.05) is 13.8 Å². The van der Waals surface area contributed by atoms with Gasteiger partial charge in [0.1, 0.15) is 0 Å². The van der Waals surface area contributed by atoms with Crippen molar-refractivity contribution in [1.82, 2.24) is 5.32 Å². The third kappa shape index (κ3) is 7.15. The summed E-state index contributed by atoms with van der Waals surface area (Å²) in [6, 6.07) is 0. The summed E-state index contributed by atoms with van der Waals surface area (Å²) in [6.07, 6.45) is 1.73. The Morgan fingerprint density at radius 3 is 2.79 bits per heavy atom. The maximum absolute atomic E-state index is 11.3. The Labute approximate surface area is 91.2 Å². The summed E-state index contributed by atoms with van der Waals surface area (Å²) in [7, 11) is 0. The quantitative estimate of drug-likeness (QED) is 0.502. The zero-order valence-corrected chi connectivity index (χ0v) is 9.77. The van der Waals surface area contributed by atoms with Gasteiger partial charge in [-0.1, -0.05) is 13.8 Å². The lowest BCUT2D eigenvalue weighted by atomic mass is 10.1. The first kappa shape index (κ1) is 13.7. The average molecular weight is 222 g/mol. The van der Waals surface area contributed by atoms with Crippen LogP contribution in [-0.4, -0.2) is 31.5 Å². The smallest absolute Gasteiger partial charge is 0.222 e. The molecule has 0 saturated carbocycles. The van der Waals surface area contributed by atoms with Gasteiger partial charge in [0.05, 0.1) is 6.61 Å². The lowest BCUT2D eigenvalue weighted by Gasteiger charge is -2.09. The van der Waals surface area contributed by atoms with E-state index < -0.39 is 0 Å². The Morgan fingerprint density at radius 1 is 1.50 bits per heavy atom. The monoisotopic (exact) mass is 221 g/mol. The van der Waals surface area contributed by atoms with Crippen molar-refractivity contribution in [3.63, 3.8) is 0 Å². The number of rotatable bonds is 8. The Hall–Kier alpha value is -0.280. The second kappa shape index (κ2) is 9.28. The Kier molecular flexibility index (Phi) is 9.10.